The summed E-state index contributed by atoms with van der Waals surface area (Å²) in [6.45, 7) is 1.35. The molecule has 0 aromatic heterocycles. The summed E-state index contributed by atoms with van der Waals surface area (Å²) in [5.41, 5.74) is 1.10. The number of carbonyl (C=O) groups is 2. The van der Waals surface area contributed by atoms with Crippen molar-refractivity contribution in [2.24, 2.45) is 0 Å². The Hall–Kier alpha value is -3.27. The minimum Gasteiger partial charge on any atom is -0.497 e. The number of nitrogens with one attached hydrogen (secondary N) is 1. The predicted molar refractivity (Wildman–Crippen MR) is 143 cm³/mol. The number of hydrogen-bond acceptors (Lipinski definition) is 6. The average Bonchev–Trinajstić information content (AvgIpc) is 2.90. The largest absolute Gasteiger partial charge is 0.497 e. The zero-order valence-electron chi connectivity index (χ0n) is 22.0. The SMILES string of the molecule is COc1ccc(N(CC(=O)N(Cc2cccc(OC)c2)C(C)C(=O)NC2CCCCC2)S(C)(=O)=O)cc1. The second-order valence-electron chi connectivity index (χ2n) is 9.36. The van der Waals surface area contributed by atoms with Gasteiger partial charge in [-0.2, -0.15) is 0 Å². The molecule has 0 bridgehead atoms. The van der Waals surface area contributed by atoms with Gasteiger partial charge in [0.25, 0.3) is 0 Å². The Balaban J connectivity index is 1.87. The molecular formula is C27H37N3O6S. The Morgan fingerprint density at radius 3 is 2.24 bits per heavy atom. The highest BCUT2D eigenvalue weighted by Gasteiger charge is 2.31. The van der Waals surface area contributed by atoms with Gasteiger partial charge in [-0.1, -0.05) is 31.4 Å². The third kappa shape index (κ3) is 7.85. The zero-order chi connectivity index (χ0) is 27.0. The summed E-state index contributed by atoms with van der Waals surface area (Å²) < 4.78 is 36.9. The molecule has 37 heavy (non-hydrogen) atoms. The minimum absolute atomic E-state index is 0.0873. The number of rotatable bonds is 11. The summed E-state index contributed by atoms with van der Waals surface area (Å²) in [5.74, 6) is 0.449. The number of sulfonamides is 1. The molecular weight excluding hydrogens is 494 g/mol. The van der Waals surface area contributed by atoms with Gasteiger partial charge in [-0.25, -0.2) is 8.42 Å². The summed E-state index contributed by atoms with van der Waals surface area (Å²) in [4.78, 5) is 28.3. The van der Waals surface area contributed by atoms with Crippen molar-refractivity contribution in [3.05, 3.63) is 54.1 Å². The zero-order valence-corrected chi connectivity index (χ0v) is 22.8. The summed E-state index contributed by atoms with van der Waals surface area (Å²) in [7, 11) is -0.720. The maximum absolute atomic E-state index is 13.7. The first-order valence-electron chi connectivity index (χ1n) is 12.5. The highest BCUT2D eigenvalue weighted by atomic mass is 32.2. The molecule has 9 nitrogen and oxygen atoms in total. The predicted octanol–water partition coefficient (Wildman–Crippen LogP) is 3.34. The van der Waals surface area contributed by atoms with Crippen LogP contribution in [0.4, 0.5) is 5.69 Å². The number of benzene rings is 2. The van der Waals surface area contributed by atoms with Crippen molar-refractivity contribution in [1.82, 2.24) is 10.2 Å². The van der Waals surface area contributed by atoms with Gasteiger partial charge in [-0.3, -0.25) is 13.9 Å². The molecule has 0 heterocycles. The monoisotopic (exact) mass is 531 g/mol. The first kappa shape index (κ1) is 28.3. The van der Waals surface area contributed by atoms with Crippen LogP contribution in [0.25, 0.3) is 0 Å². The molecule has 2 aromatic rings. The van der Waals surface area contributed by atoms with Crippen LogP contribution >= 0.6 is 0 Å². The van der Waals surface area contributed by atoms with E-state index in [2.05, 4.69) is 5.32 Å². The van der Waals surface area contributed by atoms with E-state index in [1.807, 2.05) is 12.1 Å². The summed E-state index contributed by atoms with van der Waals surface area (Å²) in [5, 5.41) is 3.09. The number of methoxy groups -OCH3 is 2. The topological polar surface area (TPSA) is 105 Å². The third-order valence-electron chi connectivity index (χ3n) is 6.65. The second-order valence-corrected chi connectivity index (χ2v) is 11.3. The van der Waals surface area contributed by atoms with E-state index in [1.165, 1.54) is 12.0 Å². The molecule has 1 unspecified atom stereocenters. The van der Waals surface area contributed by atoms with Crippen LogP contribution in [-0.2, 0) is 26.2 Å². The van der Waals surface area contributed by atoms with E-state index in [1.54, 1.807) is 50.4 Å². The summed E-state index contributed by atoms with van der Waals surface area (Å²) in [6.07, 6.45) is 6.18. The number of hydrogen-bond donors (Lipinski definition) is 1. The molecule has 0 spiro atoms. The molecule has 0 radical (unpaired) electrons. The molecule has 2 amide bonds. The first-order chi connectivity index (χ1) is 17.6. The van der Waals surface area contributed by atoms with Crippen LogP contribution < -0.4 is 19.1 Å². The van der Waals surface area contributed by atoms with Crippen molar-refractivity contribution in [1.29, 1.82) is 0 Å². The molecule has 10 heteroatoms. The van der Waals surface area contributed by atoms with Crippen molar-refractivity contribution in [3.8, 4) is 11.5 Å². The Morgan fingerprint density at radius 1 is 1.00 bits per heavy atom. The molecule has 1 fully saturated rings. The van der Waals surface area contributed by atoms with Crippen LogP contribution in [0.5, 0.6) is 11.5 Å². The van der Waals surface area contributed by atoms with Crippen LogP contribution in [0, 0.1) is 0 Å². The van der Waals surface area contributed by atoms with Crippen molar-refractivity contribution in [2.45, 2.75) is 57.7 Å². The minimum atomic E-state index is -3.79. The Kier molecular flexibility index (Phi) is 9.79. The van der Waals surface area contributed by atoms with Crippen molar-refractivity contribution >= 4 is 27.5 Å². The van der Waals surface area contributed by atoms with Gasteiger partial charge in [0.1, 0.15) is 24.1 Å². The van der Waals surface area contributed by atoms with Gasteiger partial charge >= 0.3 is 0 Å². The fraction of sp³-hybridized carbons (Fsp3) is 0.481. The molecule has 1 N–H and O–H groups in total. The fourth-order valence-electron chi connectivity index (χ4n) is 4.48. The summed E-state index contributed by atoms with van der Waals surface area (Å²) in [6, 6.07) is 12.9. The van der Waals surface area contributed by atoms with E-state index in [9.17, 15) is 18.0 Å². The van der Waals surface area contributed by atoms with Crippen LogP contribution in [0.15, 0.2) is 48.5 Å². The van der Waals surface area contributed by atoms with Gasteiger partial charge in [0.15, 0.2) is 0 Å². The van der Waals surface area contributed by atoms with Gasteiger partial charge in [-0.05, 0) is 61.7 Å². The van der Waals surface area contributed by atoms with Crippen LogP contribution in [0.3, 0.4) is 0 Å². The Morgan fingerprint density at radius 2 is 1.65 bits per heavy atom. The lowest BCUT2D eigenvalue weighted by molar-refractivity contribution is -0.139. The molecule has 1 aliphatic rings. The van der Waals surface area contributed by atoms with Gasteiger partial charge in [0, 0.05) is 12.6 Å². The molecule has 1 saturated carbocycles. The first-order valence-corrected chi connectivity index (χ1v) is 14.3. The lowest BCUT2D eigenvalue weighted by Gasteiger charge is -2.33. The summed E-state index contributed by atoms with van der Waals surface area (Å²) >= 11 is 0. The number of carbonyl (C=O) groups excluding carboxylic acids is 2. The normalized spacial score (nSPS) is 14.9. The van der Waals surface area contributed by atoms with Crippen LogP contribution in [0.2, 0.25) is 0 Å². The van der Waals surface area contributed by atoms with Crippen molar-refractivity contribution in [2.75, 3.05) is 31.3 Å². The Labute approximate surface area is 219 Å². The lowest BCUT2D eigenvalue weighted by Crippen LogP contribution is -2.52. The smallest absolute Gasteiger partial charge is 0.244 e. The number of ether oxygens (including phenoxy) is 2. The standard InChI is InChI=1S/C27H37N3O6S/c1-20(27(32)28-22-10-6-5-7-11-22)29(18-21-9-8-12-25(17-21)36-3)26(31)19-30(37(4,33)34)23-13-15-24(35-2)16-14-23/h8-9,12-17,20,22H,5-7,10-11,18-19H2,1-4H3,(H,28,32). The van der Waals surface area contributed by atoms with E-state index in [0.29, 0.717) is 17.2 Å². The maximum atomic E-state index is 13.7. The highest BCUT2D eigenvalue weighted by molar-refractivity contribution is 7.92. The van der Waals surface area contributed by atoms with Gasteiger partial charge in [0.05, 0.1) is 26.2 Å². The highest BCUT2D eigenvalue weighted by Crippen LogP contribution is 2.23. The fourth-order valence-corrected chi connectivity index (χ4v) is 5.33. The molecule has 0 saturated heterocycles. The van der Waals surface area contributed by atoms with Gasteiger partial charge in [-0.15, -0.1) is 0 Å². The van der Waals surface area contributed by atoms with E-state index in [0.717, 1.165) is 48.2 Å². The number of amides is 2. The third-order valence-corrected chi connectivity index (χ3v) is 7.79. The molecule has 202 valence electrons. The quantitative estimate of drug-likeness (QED) is 0.477. The number of nitrogens with zero attached hydrogens (tertiary/aromatic N) is 2. The van der Waals surface area contributed by atoms with Gasteiger partial charge in [0.2, 0.25) is 21.8 Å². The van der Waals surface area contributed by atoms with E-state index in [4.69, 9.17) is 9.47 Å². The van der Waals surface area contributed by atoms with Crippen LogP contribution in [-0.4, -0.2) is 64.2 Å². The lowest BCUT2D eigenvalue weighted by atomic mass is 9.95. The van der Waals surface area contributed by atoms with Crippen molar-refractivity contribution in [3.63, 3.8) is 0 Å². The molecule has 1 atom stereocenters. The maximum Gasteiger partial charge on any atom is 0.244 e. The average molecular weight is 532 g/mol. The second kappa shape index (κ2) is 12.8. The van der Waals surface area contributed by atoms with Crippen molar-refractivity contribution < 1.29 is 27.5 Å². The molecule has 0 aliphatic heterocycles. The molecule has 1 aliphatic carbocycles. The van der Waals surface area contributed by atoms with E-state index in [-0.39, 0.29) is 18.5 Å². The molecule has 3 rings (SSSR count). The van der Waals surface area contributed by atoms with Crippen LogP contribution in [0.1, 0.15) is 44.6 Å². The van der Waals surface area contributed by atoms with Gasteiger partial charge < -0.3 is 19.7 Å². The molecule has 2 aromatic carbocycles. The number of anilines is 1. The Bertz CT molecular complexity index is 1160. The van der Waals surface area contributed by atoms with E-state index >= 15 is 0 Å². The van der Waals surface area contributed by atoms with E-state index < -0.39 is 28.5 Å².